The largest absolute Gasteiger partial charge is 1.00 e. The summed E-state index contributed by atoms with van der Waals surface area (Å²) in [7, 11) is -2.25. The van der Waals surface area contributed by atoms with Crippen molar-refractivity contribution in [3.8, 4) is 0 Å². The summed E-state index contributed by atoms with van der Waals surface area (Å²) in [5.74, 6) is -0.946. The molecule has 0 atom stereocenters. The smallest absolute Gasteiger partial charge is 1.00 e. The normalized spacial score (nSPS) is 18.1. The van der Waals surface area contributed by atoms with E-state index >= 15 is 0 Å². The van der Waals surface area contributed by atoms with Crippen LogP contribution >= 0.6 is 0 Å². The van der Waals surface area contributed by atoms with Gasteiger partial charge in [-0.25, -0.2) is 0 Å². The quantitative estimate of drug-likeness (QED) is 0.329. The van der Waals surface area contributed by atoms with Crippen molar-refractivity contribution in [2.45, 2.75) is 91.2 Å². The van der Waals surface area contributed by atoms with Gasteiger partial charge in [-0.3, -0.25) is 0 Å². The number of rotatable bonds is 8. The van der Waals surface area contributed by atoms with Gasteiger partial charge in [0.1, 0.15) is 0 Å². The van der Waals surface area contributed by atoms with Crippen molar-refractivity contribution >= 4 is 28.1 Å². The molecule has 0 bridgehead atoms. The van der Waals surface area contributed by atoms with Crippen molar-refractivity contribution in [1.29, 1.82) is 0 Å². The minimum atomic E-state index is -1.62. The van der Waals surface area contributed by atoms with Gasteiger partial charge in [0.05, 0.1) is 0 Å². The Hall–Kier alpha value is 1.11. The van der Waals surface area contributed by atoms with Crippen molar-refractivity contribution in [2.24, 2.45) is 0 Å². The molecule has 0 nitrogen and oxygen atoms in total. The molecule has 0 spiro atoms. The Bertz CT molecular complexity index is 993. The maximum absolute atomic E-state index is 2.61. The van der Waals surface area contributed by atoms with Gasteiger partial charge in [0, 0.05) is 0 Å². The molecule has 0 aliphatic heterocycles. The SMILES string of the molecule is C[SiH](C)[Hf+]([C]1=CC=CC1)[C]1=C([Si](C)(C)C)C=CC1.C[SiH](C)[Hf+]([C]1=CC=CC1)[C]1=C([Si](C)(C)C)C=CC1.[Cl-].[Cl-]. The summed E-state index contributed by atoms with van der Waals surface area (Å²) in [6.45, 7) is 25.5. The van der Waals surface area contributed by atoms with Crippen LogP contribution in [0.15, 0.2) is 84.5 Å². The molecule has 0 aromatic carbocycles. The predicted molar refractivity (Wildman–Crippen MR) is 170 cm³/mol. The van der Waals surface area contributed by atoms with Crippen molar-refractivity contribution in [2.75, 3.05) is 0 Å². The van der Waals surface area contributed by atoms with E-state index in [1.165, 1.54) is 25.7 Å². The van der Waals surface area contributed by atoms with Crippen molar-refractivity contribution in [1.82, 2.24) is 0 Å². The summed E-state index contributed by atoms with van der Waals surface area (Å²) in [5, 5.41) is 3.66. The van der Waals surface area contributed by atoms with E-state index in [2.05, 4.69) is 126 Å². The van der Waals surface area contributed by atoms with Gasteiger partial charge in [-0.05, 0) is 0 Å². The van der Waals surface area contributed by atoms with Gasteiger partial charge >= 0.3 is 245 Å². The first-order valence-corrected chi connectivity index (χ1v) is 46.5. The molecule has 0 saturated heterocycles. The third kappa shape index (κ3) is 9.57. The van der Waals surface area contributed by atoms with Gasteiger partial charge in [-0.15, -0.1) is 0 Å². The summed E-state index contributed by atoms with van der Waals surface area (Å²) in [5.41, 5.74) is 0. The van der Waals surface area contributed by atoms with Crippen molar-refractivity contribution in [3.63, 3.8) is 0 Å². The molecule has 38 heavy (non-hydrogen) atoms. The molecule has 8 heteroatoms. The van der Waals surface area contributed by atoms with E-state index < -0.39 is 69.3 Å². The van der Waals surface area contributed by atoms with Crippen LogP contribution in [0.25, 0.3) is 0 Å². The number of halogens is 2. The molecule has 0 heterocycles. The van der Waals surface area contributed by atoms with Crippen molar-refractivity contribution < 1.29 is 66.0 Å². The van der Waals surface area contributed by atoms with E-state index in [4.69, 9.17) is 0 Å². The predicted octanol–water partition coefficient (Wildman–Crippen LogP) is 3.05. The fourth-order valence-electron chi connectivity index (χ4n) is 6.05. The molecule has 4 aliphatic rings. The fourth-order valence-corrected chi connectivity index (χ4v) is 76.1. The Morgan fingerprint density at radius 3 is 1.13 bits per heavy atom. The second-order valence-electron chi connectivity index (χ2n) is 13.3. The third-order valence-electron chi connectivity index (χ3n) is 7.52. The maximum Gasteiger partial charge on any atom is -1.00 e. The van der Waals surface area contributed by atoms with E-state index in [1.54, 1.807) is 0 Å². The van der Waals surface area contributed by atoms with E-state index in [-0.39, 0.29) is 24.8 Å². The van der Waals surface area contributed by atoms with E-state index in [0.717, 1.165) is 0 Å². The average Bonchev–Trinajstić information content (AvgIpc) is 3.55. The summed E-state index contributed by atoms with van der Waals surface area (Å²) in [4.78, 5) is 0. The van der Waals surface area contributed by atoms with E-state index in [9.17, 15) is 0 Å². The first kappa shape index (κ1) is 37.1. The van der Waals surface area contributed by atoms with Gasteiger partial charge in [0.25, 0.3) is 0 Å². The third-order valence-corrected chi connectivity index (χ3v) is 68.2. The Morgan fingerprint density at radius 1 is 0.553 bits per heavy atom. The van der Waals surface area contributed by atoms with Crippen molar-refractivity contribution in [3.05, 3.63) is 84.5 Å². The molecule has 0 saturated carbocycles. The summed E-state index contributed by atoms with van der Waals surface area (Å²) in [6.07, 6.45) is 29.4. The Kier molecular flexibility index (Phi) is 15.7. The molecule has 0 aromatic rings. The van der Waals surface area contributed by atoms with Crippen LogP contribution < -0.4 is 24.8 Å². The van der Waals surface area contributed by atoms with Crippen LogP contribution in [0.4, 0.5) is 0 Å². The topological polar surface area (TPSA) is 0 Å². The van der Waals surface area contributed by atoms with E-state index in [0.29, 0.717) is 0 Å². The molecule has 0 amide bonds. The molecular weight excluding hydrogens is 901 g/mol. The second-order valence-corrected chi connectivity index (χ2v) is 77.2. The summed E-state index contributed by atoms with van der Waals surface area (Å²) < 4.78 is 7.79. The Morgan fingerprint density at radius 2 is 0.895 bits per heavy atom. The van der Waals surface area contributed by atoms with Crippen LogP contribution in [0.3, 0.4) is 0 Å². The molecule has 208 valence electrons. The van der Waals surface area contributed by atoms with Gasteiger partial charge in [0.15, 0.2) is 0 Å². The van der Waals surface area contributed by atoms with Crippen LogP contribution in [0.5, 0.6) is 0 Å². The van der Waals surface area contributed by atoms with Gasteiger partial charge in [-0.1, -0.05) is 0 Å². The maximum atomic E-state index is 2.61. The fraction of sp³-hybridized carbons (Fsp3) is 0.467. The Labute approximate surface area is 266 Å². The minimum Gasteiger partial charge on any atom is -1.00 e. The van der Waals surface area contributed by atoms with Gasteiger partial charge in [-0.2, -0.15) is 0 Å². The van der Waals surface area contributed by atoms with Gasteiger partial charge in [0.2, 0.25) is 0 Å². The zero-order valence-electron chi connectivity index (χ0n) is 25.5. The molecule has 0 N–H and O–H groups in total. The first-order chi connectivity index (χ1) is 16.8. The van der Waals surface area contributed by atoms with Crippen LogP contribution in [-0.4, -0.2) is 28.1 Å². The zero-order chi connectivity index (χ0) is 26.7. The average molecular weight is 951 g/mol. The van der Waals surface area contributed by atoms with Crippen LogP contribution in [0, 0.1) is 0 Å². The minimum absolute atomic E-state index is 0. The molecule has 0 unspecified atom stereocenters. The number of hydrogen-bond acceptors (Lipinski definition) is 0. The monoisotopic (exact) mass is 952 g/mol. The number of allylic oxidation sites excluding steroid dienone is 16. The van der Waals surface area contributed by atoms with Gasteiger partial charge < -0.3 is 24.8 Å². The molecule has 0 fully saturated rings. The standard InChI is InChI=1S/2C8H13Si.2C5H5.2C2H7Si.2ClH.2Hf/c2*1-9(2,3)8-6-4-5-7-8;2*1-2-4-5-3-1;2*1-3-2;;;;/h2*4,6H,5H2,1-3H3;2*1-3H,4H2;2*3H,1-2H3;2*1H;;/q;;;;;;;;2*+1/p-2. The molecule has 0 radical (unpaired) electrons. The zero-order valence-corrected chi connectivity index (χ0v) is 38.5. The van der Waals surface area contributed by atoms with Crippen LogP contribution in [-0.2, 0) is 41.2 Å². The molecule has 4 aliphatic carbocycles. The summed E-state index contributed by atoms with van der Waals surface area (Å²) in [6, 6.07) is 0. The van der Waals surface area contributed by atoms with Crippen LogP contribution in [0.1, 0.15) is 25.7 Å². The molecular formula is C30H50Cl2Hf2Si4. The molecule has 4 rings (SSSR count). The van der Waals surface area contributed by atoms with Crippen LogP contribution in [0.2, 0.25) is 65.5 Å². The molecule has 0 aromatic heterocycles. The van der Waals surface area contributed by atoms with E-state index in [1.807, 2.05) is 23.7 Å². The summed E-state index contributed by atoms with van der Waals surface area (Å²) >= 11 is -3.25. The Balaban J connectivity index is 0.000000361. The first-order valence-electron chi connectivity index (χ1n) is 14.1. The number of hydrogen-bond donors (Lipinski definition) is 0. The second kappa shape index (κ2) is 16.1.